The summed E-state index contributed by atoms with van der Waals surface area (Å²) >= 11 is 0. The minimum atomic E-state index is 0. The van der Waals surface area contributed by atoms with Crippen molar-refractivity contribution in [1.29, 1.82) is 0 Å². The minimum absolute atomic E-state index is 0. The molecular weight excluding hydrogens is 363 g/mol. The van der Waals surface area contributed by atoms with Gasteiger partial charge < -0.3 is 20.7 Å². The molecule has 1 aromatic rings. The molecule has 25 heavy (non-hydrogen) atoms. The fourth-order valence-electron chi connectivity index (χ4n) is 3.30. The molecule has 8 heteroatoms. The summed E-state index contributed by atoms with van der Waals surface area (Å²) in [7, 11) is 0. The highest BCUT2D eigenvalue weighted by molar-refractivity contribution is 5.85. The van der Waals surface area contributed by atoms with Crippen molar-refractivity contribution in [3.63, 3.8) is 0 Å². The van der Waals surface area contributed by atoms with Crippen molar-refractivity contribution in [2.45, 2.75) is 38.3 Å². The topological polar surface area (TPSA) is 80.5 Å². The Labute approximate surface area is 161 Å². The minimum Gasteiger partial charge on any atom is -0.378 e. The number of aromatic nitrogens is 1. The predicted octanol–water partition coefficient (Wildman–Crippen LogP) is 1.90. The van der Waals surface area contributed by atoms with Gasteiger partial charge in [0.2, 0.25) is 5.91 Å². The molecular formula is C17H28Cl2N4O2. The molecule has 1 aliphatic carbocycles. The van der Waals surface area contributed by atoms with Crippen molar-refractivity contribution >= 4 is 36.5 Å². The van der Waals surface area contributed by atoms with E-state index < -0.39 is 0 Å². The van der Waals surface area contributed by atoms with Gasteiger partial charge >= 0.3 is 0 Å². The Kier molecular flexibility index (Phi) is 9.50. The summed E-state index contributed by atoms with van der Waals surface area (Å²) in [5, 5.41) is 3.02. The second-order valence-corrected chi connectivity index (χ2v) is 6.47. The first-order chi connectivity index (χ1) is 11.2. The van der Waals surface area contributed by atoms with Crippen molar-refractivity contribution < 1.29 is 9.53 Å². The second-order valence-electron chi connectivity index (χ2n) is 6.47. The summed E-state index contributed by atoms with van der Waals surface area (Å²) in [6.07, 6.45) is 5.69. The van der Waals surface area contributed by atoms with E-state index in [-0.39, 0.29) is 42.7 Å². The number of carbonyl (C=O) groups is 1. The van der Waals surface area contributed by atoms with Gasteiger partial charge in [0.1, 0.15) is 5.82 Å². The van der Waals surface area contributed by atoms with Gasteiger partial charge in [-0.25, -0.2) is 4.98 Å². The van der Waals surface area contributed by atoms with Gasteiger partial charge in [0, 0.05) is 37.8 Å². The summed E-state index contributed by atoms with van der Waals surface area (Å²) in [5.74, 6) is 1.17. The van der Waals surface area contributed by atoms with Crippen molar-refractivity contribution in [2.24, 2.45) is 11.7 Å². The Morgan fingerprint density at radius 3 is 2.68 bits per heavy atom. The van der Waals surface area contributed by atoms with Crippen LogP contribution >= 0.6 is 24.8 Å². The van der Waals surface area contributed by atoms with E-state index in [2.05, 4.69) is 15.2 Å². The van der Waals surface area contributed by atoms with Gasteiger partial charge in [-0.15, -0.1) is 24.8 Å². The summed E-state index contributed by atoms with van der Waals surface area (Å²) < 4.78 is 5.35. The van der Waals surface area contributed by atoms with Crippen molar-refractivity contribution in [3.05, 3.63) is 23.9 Å². The van der Waals surface area contributed by atoms with Crippen LogP contribution in [0.3, 0.4) is 0 Å². The van der Waals surface area contributed by atoms with Crippen LogP contribution in [0.2, 0.25) is 0 Å². The van der Waals surface area contributed by atoms with E-state index in [0.29, 0.717) is 6.54 Å². The Bertz CT molecular complexity index is 524. The van der Waals surface area contributed by atoms with E-state index in [1.165, 1.54) is 0 Å². The lowest BCUT2D eigenvalue weighted by Gasteiger charge is -2.28. The lowest BCUT2D eigenvalue weighted by atomic mass is 9.85. The van der Waals surface area contributed by atoms with E-state index in [0.717, 1.165) is 63.4 Å². The molecule has 1 aliphatic heterocycles. The smallest absolute Gasteiger partial charge is 0.223 e. The van der Waals surface area contributed by atoms with Crippen LogP contribution in [0.1, 0.15) is 31.2 Å². The summed E-state index contributed by atoms with van der Waals surface area (Å²) in [5.41, 5.74) is 6.98. The van der Waals surface area contributed by atoms with E-state index in [1.807, 2.05) is 18.3 Å². The molecule has 0 bridgehead atoms. The summed E-state index contributed by atoms with van der Waals surface area (Å²) in [6.45, 7) is 3.79. The summed E-state index contributed by atoms with van der Waals surface area (Å²) in [6, 6.07) is 4.22. The fourth-order valence-corrected chi connectivity index (χ4v) is 3.30. The van der Waals surface area contributed by atoms with Crippen LogP contribution in [0.25, 0.3) is 0 Å². The summed E-state index contributed by atoms with van der Waals surface area (Å²) in [4.78, 5) is 18.9. The number of nitrogens with two attached hydrogens (primary N) is 1. The van der Waals surface area contributed by atoms with Gasteiger partial charge in [0.15, 0.2) is 0 Å². The van der Waals surface area contributed by atoms with Crippen molar-refractivity contribution in [3.8, 4) is 0 Å². The molecule has 1 amide bonds. The second kappa shape index (κ2) is 10.8. The highest BCUT2D eigenvalue weighted by atomic mass is 35.5. The average molecular weight is 391 g/mol. The molecule has 2 heterocycles. The number of amides is 1. The average Bonchev–Trinajstić information content (AvgIpc) is 2.61. The number of ether oxygens (including phenoxy) is 1. The van der Waals surface area contributed by atoms with Crippen LogP contribution in [-0.2, 0) is 16.1 Å². The number of hydrogen-bond acceptors (Lipinski definition) is 5. The normalized spacial score (nSPS) is 23.2. The number of anilines is 1. The number of nitrogens with zero attached hydrogens (tertiary/aromatic N) is 2. The molecule has 1 aromatic heterocycles. The quantitative estimate of drug-likeness (QED) is 0.820. The highest BCUT2D eigenvalue weighted by Crippen LogP contribution is 2.23. The Hall–Kier alpha value is -1.08. The molecule has 0 aromatic carbocycles. The first-order valence-corrected chi connectivity index (χ1v) is 8.53. The molecule has 142 valence electrons. The molecule has 2 aliphatic rings. The van der Waals surface area contributed by atoms with Crippen molar-refractivity contribution in [1.82, 2.24) is 10.3 Å². The third kappa shape index (κ3) is 6.29. The lowest BCUT2D eigenvalue weighted by molar-refractivity contribution is -0.126. The number of rotatable bonds is 4. The largest absolute Gasteiger partial charge is 0.378 e. The number of hydrogen-bond donors (Lipinski definition) is 2. The zero-order valence-electron chi connectivity index (χ0n) is 14.4. The molecule has 2 fully saturated rings. The van der Waals surface area contributed by atoms with Crippen LogP contribution in [0, 0.1) is 5.92 Å². The van der Waals surface area contributed by atoms with E-state index >= 15 is 0 Å². The molecule has 6 nitrogen and oxygen atoms in total. The van der Waals surface area contributed by atoms with E-state index in [1.54, 1.807) is 0 Å². The standard InChI is InChI=1S/C17H26N4O2.2ClH/c18-15-3-1-2-14(10-15)17(22)20-12-13-4-5-16(19-11-13)21-6-8-23-9-7-21;;/h4-5,11,14-15H,1-3,6-10,12,18H2,(H,20,22);2*1H. The molecule has 2 unspecified atom stereocenters. The number of nitrogens with one attached hydrogen (secondary N) is 1. The molecule has 3 rings (SSSR count). The van der Waals surface area contributed by atoms with Crippen LogP contribution < -0.4 is 16.0 Å². The lowest BCUT2D eigenvalue weighted by Crippen LogP contribution is -2.37. The molecule has 1 saturated carbocycles. The monoisotopic (exact) mass is 390 g/mol. The zero-order chi connectivity index (χ0) is 16.1. The van der Waals surface area contributed by atoms with E-state index in [9.17, 15) is 4.79 Å². The number of carbonyl (C=O) groups excluding carboxylic acids is 1. The SMILES string of the molecule is Cl.Cl.NC1CCCC(C(=O)NCc2ccc(N3CCOCC3)nc2)C1. The number of halogens is 2. The molecule has 1 saturated heterocycles. The van der Waals surface area contributed by atoms with Crippen LogP contribution in [0.4, 0.5) is 5.82 Å². The Morgan fingerprint density at radius 2 is 2.04 bits per heavy atom. The zero-order valence-corrected chi connectivity index (χ0v) is 16.0. The van der Waals surface area contributed by atoms with Gasteiger partial charge in [0.05, 0.1) is 13.2 Å². The van der Waals surface area contributed by atoms with Crippen LogP contribution in [0.15, 0.2) is 18.3 Å². The van der Waals surface area contributed by atoms with E-state index in [4.69, 9.17) is 10.5 Å². The maximum Gasteiger partial charge on any atom is 0.223 e. The van der Waals surface area contributed by atoms with Crippen LogP contribution in [-0.4, -0.2) is 43.2 Å². The van der Waals surface area contributed by atoms with Gasteiger partial charge in [-0.3, -0.25) is 4.79 Å². The first kappa shape index (κ1) is 22.0. The number of pyridine rings is 1. The molecule has 0 radical (unpaired) electrons. The van der Waals surface area contributed by atoms with Gasteiger partial charge in [-0.05, 0) is 30.9 Å². The first-order valence-electron chi connectivity index (χ1n) is 8.53. The predicted molar refractivity (Wildman–Crippen MR) is 104 cm³/mol. The van der Waals surface area contributed by atoms with Gasteiger partial charge in [-0.2, -0.15) is 0 Å². The maximum absolute atomic E-state index is 12.2. The maximum atomic E-state index is 12.2. The molecule has 2 atom stereocenters. The fraction of sp³-hybridized carbons (Fsp3) is 0.647. The van der Waals surface area contributed by atoms with Crippen molar-refractivity contribution in [2.75, 3.05) is 31.2 Å². The number of morpholine rings is 1. The third-order valence-electron chi connectivity index (χ3n) is 4.70. The Balaban J connectivity index is 0.00000156. The highest BCUT2D eigenvalue weighted by Gasteiger charge is 2.25. The van der Waals surface area contributed by atoms with Gasteiger partial charge in [0.25, 0.3) is 0 Å². The van der Waals surface area contributed by atoms with Crippen LogP contribution in [0.5, 0.6) is 0 Å². The third-order valence-corrected chi connectivity index (χ3v) is 4.70. The molecule has 0 spiro atoms. The van der Waals surface area contributed by atoms with Gasteiger partial charge in [-0.1, -0.05) is 12.5 Å². The molecule has 3 N–H and O–H groups in total. The Morgan fingerprint density at radius 1 is 1.28 bits per heavy atom.